The van der Waals surface area contributed by atoms with Gasteiger partial charge >= 0.3 is 0 Å². The Hall–Kier alpha value is -0.870. The van der Waals surface area contributed by atoms with Gasteiger partial charge in [0.15, 0.2) is 0 Å². The summed E-state index contributed by atoms with van der Waals surface area (Å²) in [6.45, 7) is 6.58. The third kappa shape index (κ3) is 1.97. The van der Waals surface area contributed by atoms with E-state index in [0.29, 0.717) is 18.1 Å². The van der Waals surface area contributed by atoms with Crippen LogP contribution in [0.5, 0.6) is 0 Å². The molecule has 18 heavy (non-hydrogen) atoms. The maximum Gasteiger partial charge on any atom is 0.255 e. The average Bonchev–Trinajstić information content (AvgIpc) is 2.95. The minimum Gasteiger partial charge on any atom is -0.330 e. The molecular weight excluding hydrogens is 244 g/mol. The highest BCUT2D eigenvalue weighted by molar-refractivity contribution is 7.08. The molecule has 0 spiro atoms. The van der Waals surface area contributed by atoms with Crippen LogP contribution >= 0.6 is 11.3 Å². The maximum absolute atomic E-state index is 12.5. The van der Waals surface area contributed by atoms with Gasteiger partial charge in [0.25, 0.3) is 5.91 Å². The van der Waals surface area contributed by atoms with E-state index in [2.05, 4.69) is 23.6 Å². The Bertz CT molecular complexity index is 415. The smallest absolute Gasteiger partial charge is 0.255 e. The number of rotatable bonds is 2. The van der Waals surface area contributed by atoms with E-state index in [4.69, 9.17) is 0 Å². The van der Waals surface area contributed by atoms with Crippen LogP contribution in [-0.4, -0.2) is 46.9 Å². The molecule has 0 aromatic carbocycles. The standard InChI is InChI=1S/C14H20N2OS/c1-10(2)15-7-12-3-4-13(8-15)16(12)14(17)11-5-6-18-9-11/h5-6,9-10,12-13H,3-4,7-8H2,1-2H3. The third-order valence-corrected chi connectivity index (χ3v) is 4.93. The summed E-state index contributed by atoms with van der Waals surface area (Å²) in [5, 5.41) is 3.95. The van der Waals surface area contributed by atoms with Crippen LogP contribution in [0.4, 0.5) is 0 Å². The Morgan fingerprint density at radius 3 is 2.50 bits per heavy atom. The van der Waals surface area contributed by atoms with Gasteiger partial charge in [-0.25, -0.2) is 0 Å². The van der Waals surface area contributed by atoms with Gasteiger partial charge in [-0.05, 0) is 38.1 Å². The first-order valence-electron chi connectivity index (χ1n) is 6.75. The predicted molar refractivity (Wildman–Crippen MR) is 74.0 cm³/mol. The molecule has 98 valence electrons. The van der Waals surface area contributed by atoms with E-state index in [9.17, 15) is 4.79 Å². The van der Waals surface area contributed by atoms with Crippen LogP contribution in [0.15, 0.2) is 16.8 Å². The van der Waals surface area contributed by atoms with Gasteiger partial charge in [-0.2, -0.15) is 11.3 Å². The molecule has 0 N–H and O–H groups in total. The van der Waals surface area contributed by atoms with E-state index in [-0.39, 0.29) is 5.91 Å². The predicted octanol–water partition coefficient (Wildman–Crippen LogP) is 2.45. The van der Waals surface area contributed by atoms with Crippen molar-refractivity contribution in [3.63, 3.8) is 0 Å². The molecule has 0 radical (unpaired) electrons. The third-order valence-electron chi connectivity index (χ3n) is 4.24. The number of carbonyl (C=O) groups excluding carboxylic acids is 1. The van der Waals surface area contributed by atoms with Gasteiger partial charge in [-0.15, -0.1) is 0 Å². The Kier molecular flexibility index (Phi) is 3.16. The largest absolute Gasteiger partial charge is 0.330 e. The van der Waals surface area contributed by atoms with Gasteiger partial charge < -0.3 is 4.90 Å². The molecule has 2 aliphatic rings. The second-order valence-electron chi connectivity index (χ2n) is 5.66. The minimum absolute atomic E-state index is 0.243. The summed E-state index contributed by atoms with van der Waals surface area (Å²) in [6.07, 6.45) is 2.34. The normalized spacial score (nSPS) is 28.1. The highest BCUT2D eigenvalue weighted by atomic mass is 32.1. The topological polar surface area (TPSA) is 23.6 Å². The fourth-order valence-corrected chi connectivity index (χ4v) is 3.85. The highest BCUT2D eigenvalue weighted by Gasteiger charge is 2.43. The van der Waals surface area contributed by atoms with Crippen molar-refractivity contribution in [1.29, 1.82) is 0 Å². The number of hydrogen-bond acceptors (Lipinski definition) is 3. The molecular formula is C14H20N2OS. The van der Waals surface area contributed by atoms with Crippen molar-refractivity contribution in [2.24, 2.45) is 0 Å². The molecule has 0 aliphatic carbocycles. The maximum atomic E-state index is 12.5. The molecule has 3 nitrogen and oxygen atoms in total. The van der Waals surface area contributed by atoms with Gasteiger partial charge in [-0.3, -0.25) is 9.69 Å². The van der Waals surface area contributed by atoms with E-state index in [0.717, 1.165) is 18.7 Å². The molecule has 2 atom stereocenters. The van der Waals surface area contributed by atoms with Gasteiger partial charge in [0.2, 0.25) is 0 Å². The summed E-state index contributed by atoms with van der Waals surface area (Å²) >= 11 is 1.60. The SMILES string of the molecule is CC(C)N1CC2CCC(C1)N2C(=O)c1ccsc1. The van der Waals surface area contributed by atoms with Crippen LogP contribution in [0.1, 0.15) is 37.0 Å². The van der Waals surface area contributed by atoms with E-state index in [1.807, 2.05) is 16.8 Å². The van der Waals surface area contributed by atoms with Crippen molar-refractivity contribution < 1.29 is 4.79 Å². The van der Waals surface area contributed by atoms with Gasteiger partial charge in [0, 0.05) is 36.6 Å². The van der Waals surface area contributed by atoms with Crippen molar-refractivity contribution in [3.05, 3.63) is 22.4 Å². The molecule has 2 bridgehead atoms. The van der Waals surface area contributed by atoms with Gasteiger partial charge in [-0.1, -0.05) is 0 Å². The van der Waals surface area contributed by atoms with Crippen molar-refractivity contribution in [3.8, 4) is 0 Å². The second-order valence-corrected chi connectivity index (χ2v) is 6.44. The Balaban J connectivity index is 1.78. The number of piperazine rings is 1. The zero-order valence-corrected chi connectivity index (χ0v) is 11.8. The molecule has 2 unspecified atom stereocenters. The molecule has 2 aliphatic heterocycles. The molecule has 1 aromatic rings. The summed E-state index contributed by atoms with van der Waals surface area (Å²) < 4.78 is 0. The number of hydrogen-bond donors (Lipinski definition) is 0. The van der Waals surface area contributed by atoms with Crippen LogP contribution < -0.4 is 0 Å². The molecule has 1 amide bonds. The number of carbonyl (C=O) groups is 1. The number of fused-ring (bicyclic) bond motifs is 2. The molecule has 3 heterocycles. The molecule has 2 saturated heterocycles. The average molecular weight is 264 g/mol. The summed E-state index contributed by atoms with van der Waals surface area (Å²) in [4.78, 5) is 17.2. The summed E-state index contributed by atoms with van der Waals surface area (Å²) in [6, 6.07) is 3.39. The zero-order chi connectivity index (χ0) is 12.7. The fraction of sp³-hybridized carbons (Fsp3) is 0.643. The first kappa shape index (κ1) is 12.2. The first-order valence-corrected chi connectivity index (χ1v) is 7.70. The number of thiophene rings is 1. The molecule has 4 heteroatoms. The van der Waals surface area contributed by atoms with Crippen LogP contribution in [0.25, 0.3) is 0 Å². The van der Waals surface area contributed by atoms with Crippen molar-refractivity contribution in [2.75, 3.05) is 13.1 Å². The molecule has 3 rings (SSSR count). The van der Waals surface area contributed by atoms with Crippen molar-refractivity contribution in [2.45, 2.75) is 44.8 Å². The Labute approximate surface area is 112 Å². The van der Waals surface area contributed by atoms with E-state index >= 15 is 0 Å². The zero-order valence-electron chi connectivity index (χ0n) is 11.0. The number of amides is 1. The van der Waals surface area contributed by atoms with Crippen LogP contribution in [0.2, 0.25) is 0 Å². The minimum atomic E-state index is 0.243. The molecule has 0 saturated carbocycles. The first-order chi connectivity index (χ1) is 8.66. The summed E-state index contributed by atoms with van der Waals surface area (Å²) in [5.41, 5.74) is 0.870. The highest BCUT2D eigenvalue weighted by Crippen LogP contribution is 2.32. The lowest BCUT2D eigenvalue weighted by Crippen LogP contribution is -2.57. The van der Waals surface area contributed by atoms with E-state index in [1.54, 1.807) is 11.3 Å². The Morgan fingerprint density at radius 2 is 2.00 bits per heavy atom. The van der Waals surface area contributed by atoms with Crippen LogP contribution in [-0.2, 0) is 0 Å². The lowest BCUT2D eigenvalue weighted by molar-refractivity contribution is 0.0350. The fourth-order valence-electron chi connectivity index (χ4n) is 3.22. The van der Waals surface area contributed by atoms with Gasteiger partial charge in [0.05, 0.1) is 5.56 Å². The summed E-state index contributed by atoms with van der Waals surface area (Å²) in [5.74, 6) is 0.243. The lowest BCUT2D eigenvalue weighted by atomic mass is 10.1. The lowest BCUT2D eigenvalue weighted by Gasteiger charge is -2.42. The van der Waals surface area contributed by atoms with Crippen molar-refractivity contribution >= 4 is 17.2 Å². The van der Waals surface area contributed by atoms with E-state index < -0.39 is 0 Å². The van der Waals surface area contributed by atoms with Crippen LogP contribution in [0, 0.1) is 0 Å². The molecule has 2 fully saturated rings. The van der Waals surface area contributed by atoms with E-state index in [1.165, 1.54) is 12.8 Å². The summed E-state index contributed by atoms with van der Waals surface area (Å²) in [7, 11) is 0. The number of likely N-dealkylation sites (tertiary alicyclic amines) is 1. The Morgan fingerprint density at radius 1 is 1.33 bits per heavy atom. The quantitative estimate of drug-likeness (QED) is 0.819. The number of nitrogens with zero attached hydrogens (tertiary/aromatic N) is 2. The molecule has 1 aromatic heterocycles. The van der Waals surface area contributed by atoms with Crippen LogP contribution in [0.3, 0.4) is 0 Å². The van der Waals surface area contributed by atoms with Crippen molar-refractivity contribution in [1.82, 2.24) is 9.80 Å². The second kappa shape index (κ2) is 4.67. The van der Waals surface area contributed by atoms with Gasteiger partial charge in [0.1, 0.15) is 0 Å². The monoisotopic (exact) mass is 264 g/mol.